The number of anilines is 1. The van der Waals surface area contributed by atoms with Crippen LogP contribution in [0, 0.1) is 0 Å². The maximum Gasteiger partial charge on any atom is 0.0513 e. The first-order valence-electron chi connectivity index (χ1n) is 7.46. The lowest BCUT2D eigenvalue weighted by Crippen LogP contribution is -2.36. The van der Waals surface area contributed by atoms with Crippen LogP contribution < -0.4 is 10.2 Å². The monoisotopic (exact) mass is 324 g/mol. The Morgan fingerprint density at radius 1 is 1.26 bits per heavy atom. The molecule has 1 aliphatic carbocycles. The van der Waals surface area contributed by atoms with Gasteiger partial charge in [0.15, 0.2) is 0 Å². The van der Waals surface area contributed by atoms with Crippen molar-refractivity contribution in [2.75, 3.05) is 18.5 Å². The van der Waals surface area contributed by atoms with Crippen molar-refractivity contribution < 1.29 is 0 Å². The van der Waals surface area contributed by atoms with Crippen LogP contribution in [0.25, 0.3) is 0 Å². The van der Waals surface area contributed by atoms with Crippen LogP contribution in [-0.4, -0.2) is 19.6 Å². The second-order valence-electron chi connectivity index (χ2n) is 5.39. The molecule has 2 nitrogen and oxygen atoms in total. The van der Waals surface area contributed by atoms with Gasteiger partial charge < -0.3 is 10.2 Å². The second-order valence-corrected chi connectivity index (χ2v) is 6.25. The van der Waals surface area contributed by atoms with E-state index in [1.165, 1.54) is 47.8 Å². The Bertz CT molecular complexity index is 400. The fourth-order valence-corrected chi connectivity index (χ4v) is 3.77. The molecular formula is C16H25BrN2. The molecule has 0 unspecified atom stereocenters. The second kappa shape index (κ2) is 7.30. The van der Waals surface area contributed by atoms with Crippen LogP contribution >= 0.6 is 15.9 Å². The predicted molar refractivity (Wildman–Crippen MR) is 86.8 cm³/mol. The molecule has 0 heterocycles. The van der Waals surface area contributed by atoms with Gasteiger partial charge in [-0.25, -0.2) is 0 Å². The van der Waals surface area contributed by atoms with Crippen molar-refractivity contribution in [2.45, 2.75) is 51.6 Å². The summed E-state index contributed by atoms with van der Waals surface area (Å²) in [7, 11) is 1.99. The topological polar surface area (TPSA) is 15.3 Å². The van der Waals surface area contributed by atoms with E-state index in [1.54, 1.807) is 0 Å². The fourth-order valence-electron chi connectivity index (χ4n) is 3.12. The van der Waals surface area contributed by atoms with Crippen molar-refractivity contribution in [3.63, 3.8) is 0 Å². The van der Waals surface area contributed by atoms with Gasteiger partial charge in [-0.1, -0.05) is 25.3 Å². The smallest absolute Gasteiger partial charge is 0.0513 e. The third-order valence-corrected chi connectivity index (χ3v) is 4.69. The quantitative estimate of drug-likeness (QED) is 0.867. The van der Waals surface area contributed by atoms with Crippen molar-refractivity contribution in [3.8, 4) is 0 Å². The van der Waals surface area contributed by atoms with Gasteiger partial charge in [-0.3, -0.25) is 0 Å². The zero-order valence-corrected chi connectivity index (χ0v) is 13.7. The van der Waals surface area contributed by atoms with E-state index in [1.807, 2.05) is 7.05 Å². The first-order chi connectivity index (χ1) is 9.26. The first-order valence-corrected chi connectivity index (χ1v) is 8.25. The van der Waals surface area contributed by atoms with E-state index in [0.29, 0.717) is 0 Å². The largest absolute Gasteiger partial charge is 0.368 e. The van der Waals surface area contributed by atoms with Gasteiger partial charge in [0.2, 0.25) is 0 Å². The van der Waals surface area contributed by atoms with Gasteiger partial charge >= 0.3 is 0 Å². The Hall–Kier alpha value is -0.540. The minimum Gasteiger partial charge on any atom is -0.368 e. The van der Waals surface area contributed by atoms with Gasteiger partial charge in [-0.2, -0.15) is 0 Å². The van der Waals surface area contributed by atoms with Gasteiger partial charge in [-0.15, -0.1) is 0 Å². The van der Waals surface area contributed by atoms with Crippen LogP contribution in [0.5, 0.6) is 0 Å². The first kappa shape index (κ1) is 14.9. The summed E-state index contributed by atoms with van der Waals surface area (Å²) in [6.07, 6.45) is 6.88. The number of nitrogens with zero attached hydrogens (tertiary/aromatic N) is 1. The molecule has 19 heavy (non-hydrogen) atoms. The molecule has 2 rings (SSSR count). The molecule has 0 radical (unpaired) electrons. The summed E-state index contributed by atoms with van der Waals surface area (Å²) >= 11 is 3.76. The van der Waals surface area contributed by atoms with Crippen LogP contribution in [0.15, 0.2) is 22.7 Å². The molecule has 0 aromatic heterocycles. The zero-order valence-electron chi connectivity index (χ0n) is 12.1. The number of halogens is 1. The highest BCUT2D eigenvalue weighted by molar-refractivity contribution is 9.10. The van der Waals surface area contributed by atoms with Gasteiger partial charge in [0.1, 0.15) is 0 Å². The lowest BCUT2D eigenvalue weighted by Gasteiger charge is -2.36. The average Bonchev–Trinajstić information content (AvgIpc) is 2.43. The Morgan fingerprint density at radius 3 is 2.58 bits per heavy atom. The molecule has 1 N–H and O–H groups in total. The predicted octanol–water partition coefficient (Wildman–Crippen LogP) is 4.33. The van der Waals surface area contributed by atoms with E-state index in [9.17, 15) is 0 Å². The van der Waals surface area contributed by atoms with Crippen LogP contribution in [0.2, 0.25) is 0 Å². The molecular weight excluding hydrogens is 300 g/mol. The Balaban J connectivity index is 2.17. The summed E-state index contributed by atoms with van der Waals surface area (Å²) in [4.78, 5) is 2.58. The molecule has 0 saturated heterocycles. The summed E-state index contributed by atoms with van der Waals surface area (Å²) in [6.45, 7) is 4.28. The number of benzene rings is 1. The fraction of sp³-hybridized carbons (Fsp3) is 0.625. The van der Waals surface area contributed by atoms with Crippen molar-refractivity contribution in [3.05, 3.63) is 28.2 Å². The summed E-state index contributed by atoms with van der Waals surface area (Å²) in [5.41, 5.74) is 2.69. The SMILES string of the molecule is CCN(c1ccc(CNC)cc1Br)C1CCCCC1. The lowest BCUT2D eigenvalue weighted by atomic mass is 9.93. The van der Waals surface area contributed by atoms with E-state index in [0.717, 1.165) is 19.1 Å². The molecule has 1 aromatic rings. The maximum atomic E-state index is 3.76. The minimum absolute atomic E-state index is 0.727. The molecule has 0 spiro atoms. The van der Waals surface area contributed by atoms with E-state index in [2.05, 4.69) is 51.3 Å². The number of hydrogen-bond donors (Lipinski definition) is 1. The number of rotatable bonds is 5. The molecule has 0 amide bonds. The molecule has 1 fully saturated rings. The highest BCUT2D eigenvalue weighted by Crippen LogP contribution is 2.32. The minimum atomic E-state index is 0.727. The maximum absolute atomic E-state index is 3.76. The normalized spacial score (nSPS) is 16.6. The highest BCUT2D eigenvalue weighted by Gasteiger charge is 2.21. The lowest BCUT2D eigenvalue weighted by molar-refractivity contribution is 0.418. The van der Waals surface area contributed by atoms with Gasteiger partial charge in [-0.05, 0) is 60.4 Å². The van der Waals surface area contributed by atoms with Gasteiger partial charge in [0.05, 0.1) is 5.69 Å². The van der Waals surface area contributed by atoms with E-state index in [-0.39, 0.29) is 0 Å². The van der Waals surface area contributed by atoms with E-state index in [4.69, 9.17) is 0 Å². The molecule has 0 aliphatic heterocycles. The summed E-state index contributed by atoms with van der Waals surface area (Å²) in [5, 5.41) is 3.20. The molecule has 3 heteroatoms. The Labute approximate surface area is 125 Å². The number of nitrogens with one attached hydrogen (secondary N) is 1. The summed E-state index contributed by atoms with van der Waals surface area (Å²) < 4.78 is 1.23. The molecule has 0 bridgehead atoms. The Morgan fingerprint density at radius 2 is 2.00 bits per heavy atom. The standard InChI is InChI=1S/C16H25BrN2/c1-3-19(14-7-5-4-6-8-14)16-10-9-13(12-18-2)11-15(16)17/h9-11,14,18H,3-8,12H2,1-2H3. The summed E-state index contributed by atoms with van der Waals surface area (Å²) in [6, 6.07) is 7.49. The van der Waals surface area contributed by atoms with Crippen LogP contribution in [0.4, 0.5) is 5.69 Å². The van der Waals surface area contributed by atoms with Crippen LogP contribution in [-0.2, 0) is 6.54 Å². The van der Waals surface area contributed by atoms with Crippen molar-refractivity contribution in [1.82, 2.24) is 5.32 Å². The van der Waals surface area contributed by atoms with Crippen LogP contribution in [0.1, 0.15) is 44.6 Å². The molecule has 0 atom stereocenters. The van der Waals surface area contributed by atoms with Gasteiger partial charge in [0, 0.05) is 23.6 Å². The molecule has 1 aliphatic rings. The summed E-state index contributed by atoms with van der Waals surface area (Å²) in [5.74, 6) is 0. The number of hydrogen-bond acceptors (Lipinski definition) is 2. The zero-order chi connectivity index (χ0) is 13.7. The van der Waals surface area contributed by atoms with E-state index < -0.39 is 0 Å². The molecule has 1 saturated carbocycles. The third-order valence-electron chi connectivity index (χ3n) is 4.06. The molecule has 106 valence electrons. The van der Waals surface area contributed by atoms with Gasteiger partial charge in [0.25, 0.3) is 0 Å². The van der Waals surface area contributed by atoms with Crippen molar-refractivity contribution in [2.24, 2.45) is 0 Å². The van der Waals surface area contributed by atoms with Crippen molar-refractivity contribution >= 4 is 21.6 Å². The van der Waals surface area contributed by atoms with E-state index >= 15 is 0 Å². The van der Waals surface area contributed by atoms with Crippen LogP contribution in [0.3, 0.4) is 0 Å². The third kappa shape index (κ3) is 3.73. The average molecular weight is 325 g/mol. The van der Waals surface area contributed by atoms with Crippen molar-refractivity contribution in [1.29, 1.82) is 0 Å². The Kier molecular flexibility index (Phi) is 5.71. The molecule has 1 aromatic carbocycles. The highest BCUT2D eigenvalue weighted by atomic mass is 79.9.